The van der Waals surface area contributed by atoms with Gasteiger partial charge in [0.15, 0.2) is 0 Å². The summed E-state index contributed by atoms with van der Waals surface area (Å²) >= 11 is 0. The third kappa shape index (κ3) is 17.9. The number of aldehydes is 1. The van der Waals surface area contributed by atoms with Gasteiger partial charge < -0.3 is 185 Å². The highest BCUT2D eigenvalue weighted by molar-refractivity contribution is 5.73. The third-order valence-corrected chi connectivity index (χ3v) is 40.6. The summed E-state index contributed by atoms with van der Waals surface area (Å²) in [6.45, 7) is 23.3. The van der Waals surface area contributed by atoms with Gasteiger partial charge in [0.2, 0.25) is 0 Å². The zero-order chi connectivity index (χ0) is 102. The summed E-state index contributed by atoms with van der Waals surface area (Å²) in [6, 6.07) is 0. The molecule has 24 aliphatic heterocycles. The molecule has 24 heterocycles. The lowest BCUT2D eigenvalue weighted by atomic mass is 9.68. The molecule has 39 heteroatoms. The number of carbonyl (C=O) groups is 1. The highest BCUT2D eigenvalue weighted by Gasteiger charge is 2.74. The second kappa shape index (κ2) is 38.4. The molecule has 62 unspecified atom stereocenters. The van der Waals surface area contributed by atoms with Crippen molar-refractivity contribution in [2.75, 3.05) is 6.61 Å². The first-order valence-corrected chi connectivity index (χ1v) is 55.2. The SMILES string of the molecule is CC(O)C(C)C1C=CC(C2CC(O)C3OC4CC5OC6CC(O)C(C(O)C7CC(O)C(O)C(C(O)C(O)CC8OC9CC%10OC%11CC%12OC%13CC(O)C%14(C)OC%15(C)C(O)CC%16(C)OC%17CC%18OC%19CC%20OC%21CC%22(C)OC%23CCC%24OC(CC=C(C=O)CO)C=CC%24(C)OC%23(C)CC%22OC%21(C)C(O)C%20OC%19CC%18(C)OC%17(C)CC%16OC%15CC%14OC%13CCC%12OC%11CCC%10(C)OC9C(O)C8O)O7)OC6CC5OC4CC3O2)O1. The van der Waals surface area contributed by atoms with Crippen LogP contribution in [0.3, 0.4) is 0 Å². The standard InChI is InChI=1S/C107H160O39/c1-45(46(2)110)53-15-16-54(124-53)58-27-51(113)92-71(129-58)32-64-66(135-92)31-62-63(128-64)30-65-59(126-62)28-52(114)93(136-65)90(120)70-26-50(112)88(118)96(137-70)87(117)49(111)25-69-89(119)91(121)94-73(130-69)35-79-98(3,143-94)24-22-57-61(132-79)29-60-55(125-57)17-18-56-68(127-60)34-75(115)105(10)82(131-56)37-83-106(11,146-105)76(116)39-100(5)84(139-83)40-104(9)81(141-100)36-80-102(7,145-104)38-74-67(133-80)33-72-95(138-74)97(122)107(12)86(134-72)42-101(6)85(142-107)41-103(8)78(140-101)20-19-77-99(4,144-103)23-21-48(123-77)14-13-47(43-108)44-109/h13,15-16,21,23,43,45-46,48-97,109-122H,14,17-20,22,24-42,44H2,1-12H3. The summed E-state index contributed by atoms with van der Waals surface area (Å²) in [5, 5.41) is 164. The van der Waals surface area contributed by atoms with E-state index < -0.39 is 343 Å². The molecule has 24 rings (SSSR count). The van der Waals surface area contributed by atoms with Crippen molar-refractivity contribution in [2.24, 2.45) is 5.92 Å². The van der Waals surface area contributed by atoms with E-state index in [4.69, 9.17) is 114 Å². The number of aliphatic hydroxyl groups excluding tert-OH is 14. The van der Waals surface area contributed by atoms with Crippen LogP contribution in [-0.4, -0.2) is 452 Å². The molecule has 0 aromatic rings. The highest BCUT2D eigenvalue weighted by atomic mass is 16.7. The van der Waals surface area contributed by atoms with Gasteiger partial charge in [0.05, 0.1) is 278 Å². The summed E-state index contributed by atoms with van der Waals surface area (Å²) in [5.74, 6) is -0.139. The Hall–Kier alpha value is -2.63. The number of hydrogen-bond donors (Lipinski definition) is 14. The maximum Gasteiger partial charge on any atom is 0.148 e. The van der Waals surface area contributed by atoms with Gasteiger partial charge in [0.1, 0.15) is 102 Å². The molecule has 0 bridgehead atoms. The average molecular weight is 2070 g/mol. The molecule has 0 aliphatic carbocycles. The predicted octanol–water partition coefficient (Wildman–Crippen LogP) is 1.64. The highest BCUT2D eigenvalue weighted by Crippen LogP contribution is 2.62. The van der Waals surface area contributed by atoms with Gasteiger partial charge in [-0.15, -0.1) is 0 Å². The number of carbonyl (C=O) groups excluding carboxylic acids is 1. The average Bonchev–Trinajstić information content (AvgIpc) is 0.811. The fourth-order valence-electron chi connectivity index (χ4n) is 31.5. The van der Waals surface area contributed by atoms with Crippen LogP contribution in [0.4, 0.5) is 0 Å². The van der Waals surface area contributed by atoms with Crippen LogP contribution in [0.5, 0.6) is 0 Å². The van der Waals surface area contributed by atoms with Gasteiger partial charge in [-0.2, -0.15) is 0 Å². The first kappa shape index (κ1) is 105. The number of aliphatic hydroxyl groups is 14. The van der Waals surface area contributed by atoms with Crippen molar-refractivity contribution in [3.8, 4) is 0 Å². The van der Waals surface area contributed by atoms with Gasteiger partial charge in [-0.25, -0.2) is 0 Å². The Morgan fingerprint density at radius 2 is 0.925 bits per heavy atom. The van der Waals surface area contributed by atoms with Crippen LogP contribution in [0.1, 0.15) is 244 Å². The summed E-state index contributed by atoms with van der Waals surface area (Å²) in [7, 11) is 0. The Bertz CT molecular complexity index is 4790. The zero-order valence-electron chi connectivity index (χ0n) is 85.8. The minimum Gasteiger partial charge on any atom is -0.393 e. The molecule has 39 nitrogen and oxygen atoms in total. The quantitative estimate of drug-likeness (QED) is 0.0708. The van der Waals surface area contributed by atoms with E-state index in [1.54, 1.807) is 13.0 Å². The van der Waals surface area contributed by atoms with Crippen LogP contribution in [0.15, 0.2) is 36.0 Å². The van der Waals surface area contributed by atoms with Crippen molar-refractivity contribution < 1.29 is 190 Å². The smallest absolute Gasteiger partial charge is 0.148 e. The van der Waals surface area contributed by atoms with E-state index in [-0.39, 0.29) is 81.6 Å². The maximum atomic E-state index is 12.9. The predicted molar refractivity (Wildman–Crippen MR) is 502 cm³/mol. The van der Waals surface area contributed by atoms with Gasteiger partial charge in [0.25, 0.3) is 0 Å². The molecule has 0 spiro atoms. The van der Waals surface area contributed by atoms with E-state index in [2.05, 4.69) is 33.8 Å². The van der Waals surface area contributed by atoms with E-state index in [0.29, 0.717) is 127 Å². The second-order valence-electron chi connectivity index (χ2n) is 50.8. The summed E-state index contributed by atoms with van der Waals surface area (Å²) in [5.41, 5.74) is -9.78. The van der Waals surface area contributed by atoms with Crippen molar-refractivity contribution in [3.05, 3.63) is 36.0 Å². The first-order valence-electron chi connectivity index (χ1n) is 55.2. The largest absolute Gasteiger partial charge is 0.393 e. The monoisotopic (exact) mass is 2070 g/mol. The Balaban J connectivity index is 0.384. The molecule has 0 amide bonds. The Labute approximate surface area is 851 Å². The number of rotatable bonds is 13. The fraction of sp³-hybridized carbons (Fsp3) is 0.935. The molecule has 0 aromatic carbocycles. The van der Waals surface area contributed by atoms with Crippen LogP contribution in [-0.2, 0) is 118 Å². The van der Waals surface area contributed by atoms with Gasteiger partial charge in [-0.05, 0) is 121 Å². The van der Waals surface area contributed by atoms with E-state index in [1.807, 2.05) is 66.7 Å². The van der Waals surface area contributed by atoms with Crippen molar-refractivity contribution in [1.82, 2.24) is 0 Å². The molecule has 0 aromatic heterocycles. The lowest BCUT2D eigenvalue weighted by molar-refractivity contribution is -0.404. The number of hydrogen-bond acceptors (Lipinski definition) is 39. The van der Waals surface area contributed by atoms with Gasteiger partial charge in [0, 0.05) is 127 Å². The topological polar surface area (TPSA) is 522 Å². The lowest BCUT2D eigenvalue weighted by Gasteiger charge is -2.65. The fourth-order valence-corrected chi connectivity index (χ4v) is 31.5. The third-order valence-electron chi connectivity index (χ3n) is 40.6. The van der Waals surface area contributed by atoms with Crippen LogP contribution >= 0.6 is 0 Å². The van der Waals surface area contributed by atoms with Crippen molar-refractivity contribution >= 4 is 6.29 Å². The van der Waals surface area contributed by atoms with E-state index >= 15 is 0 Å². The molecule has 822 valence electrons. The van der Waals surface area contributed by atoms with Crippen molar-refractivity contribution in [2.45, 2.75) is 611 Å². The molecule has 0 saturated carbocycles. The summed E-state index contributed by atoms with van der Waals surface area (Å²) < 4.78 is 167. The minimum absolute atomic E-state index is 0.0545. The molecule has 22 saturated heterocycles. The van der Waals surface area contributed by atoms with Gasteiger partial charge >= 0.3 is 0 Å². The number of ether oxygens (including phenoxy) is 24. The number of fused-ring (bicyclic) bond motifs is 20. The summed E-state index contributed by atoms with van der Waals surface area (Å²) in [4.78, 5) is 11.5. The Morgan fingerprint density at radius 3 is 1.66 bits per heavy atom. The molecule has 22 fully saturated rings. The van der Waals surface area contributed by atoms with E-state index in [9.17, 15) is 76.3 Å². The molecule has 146 heavy (non-hydrogen) atoms. The molecule has 14 N–H and O–H groups in total. The van der Waals surface area contributed by atoms with Gasteiger partial charge in [-0.3, -0.25) is 4.79 Å². The minimum atomic E-state index is -1.96. The summed E-state index contributed by atoms with van der Waals surface area (Å²) in [6.07, 6.45) is -22.8. The Morgan fingerprint density at radius 1 is 0.370 bits per heavy atom. The van der Waals surface area contributed by atoms with E-state index in [1.165, 1.54) is 0 Å². The van der Waals surface area contributed by atoms with Crippen molar-refractivity contribution in [1.29, 1.82) is 0 Å². The van der Waals surface area contributed by atoms with Crippen molar-refractivity contribution in [3.63, 3.8) is 0 Å². The zero-order valence-corrected chi connectivity index (χ0v) is 85.8. The van der Waals surface area contributed by atoms with Crippen LogP contribution in [0, 0.1) is 5.92 Å². The molecular weight excluding hydrogens is 1910 g/mol. The maximum absolute atomic E-state index is 12.9. The molecule has 0 radical (unpaired) electrons. The molecule has 24 aliphatic rings. The lowest BCUT2D eigenvalue weighted by Crippen LogP contribution is -2.77. The van der Waals surface area contributed by atoms with Crippen LogP contribution in [0.2, 0.25) is 0 Å². The van der Waals surface area contributed by atoms with Crippen LogP contribution < -0.4 is 0 Å². The van der Waals surface area contributed by atoms with E-state index in [0.717, 1.165) is 0 Å². The first-order chi connectivity index (χ1) is 69.2. The Kier molecular flexibility index (Phi) is 27.6. The normalized spacial score (nSPS) is 59.1. The second-order valence-corrected chi connectivity index (χ2v) is 50.8. The molecular formula is C107H160O39. The van der Waals surface area contributed by atoms with Crippen LogP contribution in [0.25, 0.3) is 0 Å². The molecule has 62 atom stereocenters. The van der Waals surface area contributed by atoms with Gasteiger partial charge in [-0.1, -0.05) is 37.3 Å².